The lowest BCUT2D eigenvalue weighted by atomic mass is 10.0. The van der Waals surface area contributed by atoms with Crippen LogP contribution in [0, 0.1) is 0 Å². The van der Waals surface area contributed by atoms with Gasteiger partial charge >= 0.3 is 5.97 Å². The largest absolute Gasteiger partial charge is 0.469 e. The average Bonchev–Trinajstić information content (AvgIpc) is 2.38. The Labute approximate surface area is 122 Å². The summed E-state index contributed by atoms with van der Waals surface area (Å²) >= 11 is 7.18. The van der Waals surface area contributed by atoms with Gasteiger partial charge in [-0.3, -0.25) is 9.59 Å². The van der Waals surface area contributed by atoms with E-state index in [9.17, 15) is 9.59 Å². The number of rotatable bonds is 3. The first-order chi connectivity index (χ1) is 8.86. The molecule has 0 heterocycles. The molecule has 0 saturated carbocycles. The van der Waals surface area contributed by atoms with E-state index in [4.69, 9.17) is 11.6 Å². The molecule has 0 aliphatic heterocycles. The second-order valence-corrected chi connectivity index (χ2v) is 5.60. The maximum Gasteiger partial charge on any atom is 0.312 e. The summed E-state index contributed by atoms with van der Waals surface area (Å²) in [6.07, 6.45) is 0. The van der Waals surface area contributed by atoms with Gasteiger partial charge in [-0.15, -0.1) is 0 Å². The summed E-state index contributed by atoms with van der Waals surface area (Å²) in [5.41, 5.74) is 0.763. The van der Waals surface area contributed by atoms with Crippen LogP contribution in [0.1, 0.15) is 18.4 Å². The molecule has 1 rings (SSSR count). The minimum absolute atomic E-state index is 0.101. The van der Waals surface area contributed by atoms with Gasteiger partial charge in [0.15, 0.2) is 0 Å². The summed E-state index contributed by atoms with van der Waals surface area (Å²) in [5.74, 6) is -0.702. The first-order valence-corrected chi connectivity index (χ1v) is 6.82. The van der Waals surface area contributed by atoms with Crippen LogP contribution >= 0.6 is 23.4 Å². The number of carbonyl (C=O) groups excluding carboxylic acids is 2. The van der Waals surface area contributed by atoms with E-state index in [1.165, 1.54) is 12.0 Å². The van der Waals surface area contributed by atoms with Crippen molar-refractivity contribution in [1.29, 1.82) is 0 Å². The Balaban J connectivity index is 2.91. The Morgan fingerprint density at radius 3 is 2.47 bits per heavy atom. The summed E-state index contributed by atoms with van der Waals surface area (Å²) in [7, 11) is 4.70. The zero-order chi connectivity index (χ0) is 14.6. The molecule has 4 nitrogen and oxygen atoms in total. The van der Waals surface area contributed by atoms with E-state index in [-0.39, 0.29) is 17.1 Å². The molecule has 0 saturated heterocycles. The van der Waals surface area contributed by atoms with Crippen molar-refractivity contribution in [3.05, 3.63) is 28.8 Å². The van der Waals surface area contributed by atoms with Gasteiger partial charge in [-0.2, -0.15) is 0 Å². The lowest BCUT2D eigenvalue weighted by Gasteiger charge is -2.13. The number of halogens is 1. The van der Waals surface area contributed by atoms with Crippen LogP contribution in [0.4, 0.5) is 4.79 Å². The fourth-order valence-electron chi connectivity index (χ4n) is 1.37. The standard InChI is InChI=1S/C13H16ClNO3S/c1-8(12(16)18-4)9-5-6-11(10(14)7-9)19-13(17)15(2)3/h5-8H,1-4H3. The molecule has 1 unspecified atom stereocenters. The van der Waals surface area contributed by atoms with Crippen LogP contribution in [0.3, 0.4) is 0 Å². The van der Waals surface area contributed by atoms with Crippen LogP contribution in [-0.4, -0.2) is 37.3 Å². The van der Waals surface area contributed by atoms with E-state index in [1.807, 2.05) is 0 Å². The molecule has 19 heavy (non-hydrogen) atoms. The Morgan fingerprint density at radius 1 is 1.37 bits per heavy atom. The summed E-state index contributed by atoms with van der Waals surface area (Å²) in [6.45, 7) is 1.75. The third-order valence-corrected chi connectivity index (χ3v) is 4.11. The molecule has 6 heteroatoms. The quantitative estimate of drug-likeness (QED) is 0.634. The van der Waals surface area contributed by atoms with Gasteiger partial charge in [-0.1, -0.05) is 17.7 Å². The molecule has 1 aromatic carbocycles. The number of hydrogen-bond acceptors (Lipinski definition) is 4. The normalized spacial score (nSPS) is 11.8. The van der Waals surface area contributed by atoms with Crippen LogP contribution in [0.5, 0.6) is 0 Å². The number of amides is 1. The molecule has 0 spiro atoms. The van der Waals surface area contributed by atoms with Crippen molar-refractivity contribution < 1.29 is 14.3 Å². The molecule has 0 radical (unpaired) electrons. The molecule has 0 N–H and O–H groups in total. The highest BCUT2D eigenvalue weighted by Gasteiger charge is 2.17. The van der Waals surface area contributed by atoms with Crippen LogP contribution in [0.25, 0.3) is 0 Å². The second-order valence-electron chi connectivity index (χ2n) is 4.20. The van der Waals surface area contributed by atoms with Gasteiger partial charge in [-0.25, -0.2) is 0 Å². The molecule has 104 valence electrons. The molecule has 1 aromatic rings. The van der Waals surface area contributed by atoms with E-state index < -0.39 is 0 Å². The van der Waals surface area contributed by atoms with Crippen LogP contribution in [-0.2, 0) is 9.53 Å². The van der Waals surface area contributed by atoms with E-state index in [1.54, 1.807) is 39.2 Å². The minimum atomic E-state index is -0.383. The van der Waals surface area contributed by atoms with Crippen molar-refractivity contribution in [3.8, 4) is 0 Å². The van der Waals surface area contributed by atoms with Gasteiger partial charge in [0.2, 0.25) is 0 Å². The fraction of sp³-hybridized carbons (Fsp3) is 0.385. The molecular formula is C13H16ClNO3S. The minimum Gasteiger partial charge on any atom is -0.469 e. The van der Waals surface area contributed by atoms with Crippen LogP contribution in [0.15, 0.2) is 23.1 Å². The average molecular weight is 302 g/mol. The molecule has 0 aliphatic carbocycles. The Hall–Kier alpha value is -1.20. The summed E-state index contributed by atoms with van der Waals surface area (Å²) in [5, 5.41) is 0.351. The number of nitrogens with zero attached hydrogens (tertiary/aromatic N) is 1. The molecule has 0 aliphatic rings. The fourth-order valence-corrected chi connectivity index (χ4v) is 2.34. The predicted octanol–water partition coefficient (Wildman–Crippen LogP) is 3.39. The third kappa shape index (κ3) is 4.14. The number of thioether (sulfide) groups is 1. The maximum absolute atomic E-state index is 11.6. The van der Waals surface area contributed by atoms with Crippen LogP contribution in [0.2, 0.25) is 5.02 Å². The SMILES string of the molecule is COC(=O)C(C)c1ccc(SC(=O)N(C)C)c(Cl)c1. The highest BCUT2D eigenvalue weighted by Crippen LogP contribution is 2.31. The number of methoxy groups -OCH3 is 1. The molecular weight excluding hydrogens is 286 g/mol. The first-order valence-electron chi connectivity index (χ1n) is 5.63. The van der Waals surface area contributed by atoms with Gasteiger partial charge in [0.05, 0.1) is 18.1 Å². The van der Waals surface area contributed by atoms with Gasteiger partial charge in [0, 0.05) is 19.0 Å². The Bertz CT molecular complexity index is 491. The van der Waals surface area contributed by atoms with Gasteiger partial charge in [0.1, 0.15) is 0 Å². The maximum atomic E-state index is 11.6. The summed E-state index contributed by atoms with van der Waals surface area (Å²) < 4.78 is 4.68. The molecule has 1 atom stereocenters. The van der Waals surface area contributed by atoms with Crippen molar-refractivity contribution >= 4 is 34.6 Å². The second kappa shape index (κ2) is 6.82. The number of esters is 1. The smallest absolute Gasteiger partial charge is 0.312 e. The van der Waals surface area contributed by atoms with E-state index in [2.05, 4.69) is 4.74 Å². The summed E-state index contributed by atoms with van der Waals surface area (Å²) in [4.78, 5) is 25.2. The van der Waals surface area contributed by atoms with Gasteiger partial charge in [-0.05, 0) is 36.4 Å². The zero-order valence-corrected chi connectivity index (χ0v) is 12.8. The first kappa shape index (κ1) is 15.9. The number of carbonyl (C=O) groups is 2. The topological polar surface area (TPSA) is 46.6 Å². The lowest BCUT2D eigenvalue weighted by molar-refractivity contribution is -0.141. The number of hydrogen-bond donors (Lipinski definition) is 0. The van der Waals surface area contributed by atoms with Crippen molar-refractivity contribution in [1.82, 2.24) is 4.90 Å². The Kier molecular flexibility index (Phi) is 5.69. The lowest BCUT2D eigenvalue weighted by Crippen LogP contribution is -2.16. The molecule has 1 amide bonds. The molecule has 0 fully saturated rings. The highest BCUT2D eigenvalue weighted by molar-refractivity contribution is 8.13. The highest BCUT2D eigenvalue weighted by atomic mass is 35.5. The van der Waals surface area contributed by atoms with Crippen molar-refractivity contribution in [3.63, 3.8) is 0 Å². The van der Waals surface area contributed by atoms with Crippen molar-refractivity contribution in [2.45, 2.75) is 17.7 Å². The monoisotopic (exact) mass is 301 g/mol. The van der Waals surface area contributed by atoms with Crippen LogP contribution < -0.4 is 0 Å². The number of ether oxygens (including phenoxy) is 1. The molecule has 0 aromatic heterocycles. The zero-order valence-electron chi connectivity index (χ0n) is 11.3. The Morgan fingerprint density at radius 2 is 2.00 bits per heavy atom. The molecule has 0 bridgehead atoms. The van der Waals surface area contributed by atoms with Crippen molar-refractivity contribution in [2.75, 3.05) is 21.2 Å². The van der Waals surface area contributed by atoms with Gasteiger partial charge < -0.3 is 9.64 Å². The summed E-state index contributed by atoms with van der Waals surface area (Å²) in [6, 6.07) is 5.20. The predicted molar refractivity (Wildman–Crippen MR) is 76.8 cm³/mol. The van der Waals surface area contributed by atoms with E-state index in [0.29, 0.717) is 9.92 Å². The van der Waals surface area contributed by atoms with Crippen molar-refractivity contribution in [2.24, 2.45) is 0 Å². The van der Waals surface area contributed by atoms with Gasteiger partial charge in [0.25, 0.3) is 5.24 Å². The number of benzene rings is 1. The van der Waals surface area contributed by atoms with E-state index >= 15 is 0 Å². The third-order valence-electron chi connectivity index (χ3n) is 2.57. The van der Waals surface area contributed by atoms with E-state index in [0.717, 1.165) is 17.3 Å².